The van der Waals surface area contributed by atoms with E-state index in [0.29, 0.717) is 17.0 Å². The van der Waals surface area contributed by atoms with Crippen LogP contribution in [0.5, 0.6) is 28.7 Å². The number of methoxy groups -OCH3 is 2. The third-order valence-corrected chi connectivity index (χ3v) is 10.3. The number of aromatic carboxylic acids is 1. The maximum absolute atomic E-state index is 13.7. The van der Waals surface area contributed by atoms with E-state index in [-0.39, 0.29) is 67.8 Å². The molecule has 0 aliphatic heterocycles. The van der Waals surface area contributed by atoms with E-state index in [4.69, 9.17) is 9.47 Å². The highest BCUT2D eigenvalue weighted by Gasteiger charge is 2.26. The van der Waals surface area contributed by atoms with E-state index in [1.165, 1.54) is 86.1 Å². The summed E-state index contributed by atoms with van der Waals surface area (Å²) in [6, 6.07) is 20.3. The fourth-order valence-corrected chi connectivity index (χ4v) is 6.86. The number of carbonyl (C=O) groups is 6. The molecule has 0 aliphatic rings. The lowest BCUT2D eigenvalue weighted by molar-refractivity contribution is -0.118. The zero-order chi connectivity index (χ0) is 47.7. The Morgan fingerprint density at radius 3 is 1.86 bits per heavy atom. The van der Waals surface area contributed by atoms with E-state index in [9.17, 15) is 49.2 Å². The van der Waals surface area contributed by atoms with Gasteiger partial charge < -0.3 is 56.5 Å². The number of carbonyl (C=O) groups excluding carboxylic acids is 5. The summed E-state index contributed by atoms with van der Waals surface area (Å²) in [5, 5.41) is 63.6. The molecule has 6 rings (SSSR count). The van der Waals surface area contributed by atoms with Gasteiger partial charge in [-0.2, -0.15) is 15.4 Å². The van der Waals surface area contributed by atoms with Crippen LogP contribution in [0.15, 0.2) is 107 Å². The second kappa shape index (κ2) is 20.6. The van der Waals surface area contributed by atoms with Gasteiger partial charge in [0.15, 0.2) is 23.0 Å². The van der Waals surface area contributed by atoms with Crippen LogP contribution in [0.2, 0.25) is 0 Å². The van der Waals surface area contributed by atoms with Crippen molar-refractivity contribution in [3.8, 4) is 28.7 Å². The van der Waals surface area contributed by atoms with Crippen molar-refractivity contribution in [2.45, 2.75) is 19.4 Å². The fourth-order valence-electron chi connectivity index (χ4n) is 6.30. The maximum atomic E-state index is 13.7. The average molecular weight is 964 g/mol. The van der Waals surface area contributed by atoms with Crippen LogP contribution < -0.4 is 36.1 Å². The third-order valence-electron chi connectivity index (χ3n) is 9.66. The summed E-state index contributed by atoms with van der Waals surface area (Å²) < 4.78 is 10.6. The van der Waals surface area contributed by atoms with Gasteiger partial charge in [0.05, 0.1) is 48.6 Å². The van der Waals surface area contributed by atoms with Gasteiger partial charge in [-0.3, -0.25) is 24.0 Å². The molecule has 10 N–H and O–H groups in total. The highest BCUT2D eigenvalue weighted by Crippen LogP contribution is 2.41. The number of phenolic OH excluding ortho intramolecular Hbond substituents is 2. The zero-order valence-electron chi connectivity index (χ0n) is 34.9. The summed E-state index contributed by atoms with van der Waals surface area (Å²) in [7, 11) is 2.36. The van der Waals surface area contributed by atoms with Crippen molar-refractivity contribution >= 4 is 80.3 Å². The molecule has 21 heteroatoms. The van der Waals surface area contributed by atoms with Gasteiger partial charge in [-0.1, -0.05) is 12.1 Å². The van der Waals surface area contributed by atoms with Crippen molar-refractivity contribution in [2.75, 3.05) is 35.5 Å². The molecule has 20 nitrogen and oxygen atoms in total. The lowest BCUT2D eigenvalue weighted by Gasteiger charge is -2.18. The highest BCUT2D eigenvalue weighted by atomic mass is 79.9. The number of rotatable bonds is 16. The van der Waals surface area contributed by atoms with Gasteiger partial charge in [0.25, 0.3) is 23.6 Å². The Kier molecular flexibility index (Phi) is 14.6. The summed E-state index contributed by atoms with van der Waals surface area (Å²) in [5.41, 5.74) is 1.54. The van der Waals surface area contributed by atoms with Gasteiger partial charge >= 0.3 is 5.97 Å². The smallest absolute Gasteiger partial charge is 0.339 e. The van der Waals surface area contributed by atoms with E-state index in [1.54, 1.807) is 25.1 Å². The number of amides is 5. The van der Waals surface area contributed by atoms with Gasteiger partial charge in [0.2, 0.25) is 5.91 Å². The molecule has 1 heterocycles. The molecular formula is C45H39BrN8O12. The molecule has 66 heavy (non-hydrogen) atoms. The average Bonchev–Trinajstić information content (AvgIpc) is 3.80. The van der Waals surface area contributed by atoms with Crippen molar-refractivity contribution in [2.24, 2.45) is 0 Å². The quantitative estimate of drug-likeness (QED) is 0.0504. The second-order valence-electron chi connectivity index (χ2n) is 14.1. The molecule has 338 valence electrons. The Labute approximate surface area is 382 Å². The van der Waals surface area contributed by atoms with Crippen LogP contribution in [0.25, 0.3) is 6.08 Å². The van der Waals surface area contributed by atoms with Crippen LogP contribution in [0.1, 0.15) is 59.6 Å². The molecule has 6 aromatic rings. The number of phenols is 3. The first-order valence-corrected chi connectivity index (χ1v) is 20.2. The molecule has 0 unspecified atom stereocenters. The predicted octanol–water partition coefficient (Wildman–Crippen LogP) is 5.93. The Morgan fingerprint density at radius 2 is 1.29 bits per heavy atom. The standard InChI is InChI=1S/C45H39BrN8O12/c1-22(18-23-4-11-28(55)12-5-23)40(58)48-25-8-6-24(7-9-25)41(59)52-35(20-27-21-47-54-53-27)44(62)49-26-10-13-29(32(46)19-26)42(60)50-33-16-14-30(36(56)38(33)65-2)43(61)51-34-17-15-31(45(63)64)37(57)39(34)66-3/h4-19,21,35,55-57H,20H2,1-3H3,(H,48,58)(H,49,62)(H,50,60)(H,51,61)(H,52,59)(H,63,64)(H,47,53,54)/b22-18+/t35-/m0/s1. The molecule has 0 bridgehead atoms. The Bertz CT molecular complexity index is 2870. The minimum absolute atomic E-state index is 0.0260. The molecule has 0 radical (unpaired) electrons. The predicted molar refractivity (Wildman–Crippen MR) is 243 cm³/mol. The van der Waals surface area contributed by atoms with E-state index in [2.05, 4.69) is 57.9 Å². The van der Waals surface area contributed by atoms with Crippen LogP contribution in [-0.4, -0.2) is 91.6 Å². The number of aromatic nitrogens is 3. The Morgan fingerprint density at radius 1 is 0.712 bits per heavy atom. The van der Waals surface area contributed by atoms with Crippen LogP contribution in [0.3, 0.4) is 0 Å². The molecule has 0 saturated carbocycles. The highest BCUT2D eigenvalue weighted by molar-refractivity contribution is 9.10. The number of hydrogen-bond donors (Lipinski definition) is 10. The number of benzene rings is 5. The molecule has 1 atom stereocenters. The normalized spacial score (nSPS) is 11.4. The van der Waals surface area contributed by atoms with Crippen molar-refractivity contribution in [1.82, 2.24) is 20.7 Å². The van der Waals surface area contributed by atoms with Gasteiger partial charge in [0.1, 0.15) is 17.4 Å². The van der Waals surface area contributed by atoms with Crippen molar-refractivity contribution in [3.63, 3.8) is 0 Å². The number of aromatic amines is 1. The number of nitrogens with one attached hydrogen (secondary N) is 6. The largest absolute Gasteiger partial charge is 0.508 e. The van der Waals surface area contributed by atoms with Crippen molar-refractivity contribution < 1.29 is 58.7 Å². The molecule has 0 fully saturated rings. The monoisotopic (exact) mass is 962 g/mol. The number of aromatic hydroxyl groups is 3. The van der Waals surface area contributed by atoms with Crippen LogP contribution in [0.4, 0.5) is 22.7 Å². The number of carboxylic acid groups (broad SMARTS) is 1. The molecule has 0 saturated heterocycles. The summed E-state index contributed by atoms with van der Waals surface area (Å²) in [6.07, 6.45) is 3.00. The van der Waals surface area contributed by atoms with Crippen molar-refractivity contribution in [1.29, 1.82) is 0 Å². The summed E-state index contributed by atoms with van der Waals surface area (Å²) >= 11 is 3.36. The minimum Gasteiger partial charge on any atom is -0.508 e. The van der Waals surface area contributed by atoms with Crippen LogP contribution >= 0.6 is 15.9 Å². The number of halogens is 1. The van der Waals surface area contributed by atoms with E-state index in [1.807, 2.05) is 0 Å². The molecule has 0 aliphatic carbocycles. The van der Waals surface area contributed by atoms with E-state index >= 15 is 0 Å². The lowest BCUT2D eigenvalue weighted by atomic mass is 10.1. The number of hydrogen-bond acceptors (Lipinski definition) is 13. The number of H-pyrrole nitrogens is 1. The molecular weight excluding hydrogens is 924 g/mol. The molecule has 0 spiro atoms. The molecule has 5 amide bonds. The van der Waals surface area contributed by atoms with Crippen molar-refractivity contribution in [3.05, 3.63) is 141 Å². The third kappa shape index (κ3) is 11.1. The zero-order valence-corrected chi connectivity index (χ0v) is 36.5. The lowest BCUT2D eigenvalue weighted by Crippen LogP contribution is -2.45. The molecule has 1 aromatic heterocycles. The topological polar surface area (TPSA) is 304 Å². The number of carboxylic acids is 1. The first-order valence-electron chi connectivity index (χ1n) is 19.4. The van der Waals surface area contributed by atoms with Gasteiger partial charge in [-0.05, 0) is 113 Å². The number of anilines is 4. The SMILES string of the molecule is COc1c(NC(=O)c2ccc(NC(=O)c3ccc(NC(=O)[C@H](Cc4cn[nH]n4)NC(=O)c4ccc(NC(=O)/C(C)=C/c5ccc(O)cc5)cc4)cc3Br)c(OC)c2O)ccc(C(=O)O)c1O. The van der Waals surface area contributed by atoms with Crippen LogP contribution in [-0.2, 0) is 16.0 Å². The Hall–Kier alpha value is -8.72. The first kappa shape index (κ1) is 46.8. The summed E-state index contributed by atoms with van der Waals surface area (Å²) in [5.74, 6) is -6.50. The van der Waals surface area contributed by atoms with Gasteiger partial charge in [0, 0.05) is 33.4 Å². The summed E-state index contributed by atoms with van der Waals surface area (Å²) in [4.78, 5) is 78.0. The van der Waals surface area contributed by atoms with Gasteiger partial charge in [-0.15, -0.1) is 0 Å². The van der Waals surface area contributed by atoms with Gasteiger partial charge in [-0.25, -0.2) is 4.79 Å². The molecule has 5 aromatic carbocycles. The fraction of sp³-hybridized carbons (Fsp3) is 0.111. The Balaban J connectivity index is 1.10. The van der Waals surface area contributed by atoms with E-state index in [0.717, 1.165) is 18.7 Å². The number of ether oxygens (including phenoxy) is 2. The second-order valence-corrected chi connectivity index (χ2v) is 15.0. The number of nitrogens with zero attached hydrogens (tertiary/aromatic N) is 2. The minimum atomic E-state index is -1.43. The van der Waals surface area contributed by atoms with E-state index < -0.39 is 52.7 Å². The van der Waals surface area contributed by atoms with Crippen LogP contribution in [0, 0.1) is 0 Å². The summed E-state index contributed by atoms with van der Waals surface area (Å²) in [6.45, 7) is 1.64. The first-order chi connectivity index (χ1) is 31.6. The maximum Gasteiger partial charge on any atom is 0.339 e.